The molecule has 2 amide bonds. The molecule has 0 saturated heterocycles. The molecule has 2 aromatic rings. The SMILES string of the molecule is O=C(NCc1ccc2c(c1)OCO2)Nc1cccc(C(F)(F)F)c1. The van der Waals surface area contributed by atoms with E-state index in [1.165, 1.54) is 12.1 Å². The minimum Gasteiger partial charge on any atom is -0.454 e. The third-order valence-corrected chi connectivity index (χ3v) is 3.34. The molecule has 0 unspecified atom stereocenters. The van der Waals surface area contributed by atoms with Crippen molar-refractivity contribution in [2.75, 3.05) is 12.1 Å². The highest BCUT2D eigenvalue weighted by Gasteiger charge is 2.30. The Morgan fingerprint density at radius 2 is 1.88 bits per heavy atom. The third-order valence-electron chi connectivity index (χ3n) is 3.34. The molecule has 0 bridgehead atoms. The van der Waals surface area contributed by atoms with Gasteiger partial charge in [0, 0.05) is 12.2 Å². The molecule has 1 aliphatic heterocycles. The highest BCUT2D eigenvalue weighted by molar-refractivity contribution is 5.89. The van der Waals surface area contributed by atoms with Crippen LogP contribution in [0, 0.1) is 0 Å². The number of rotatable bonds is 3. The molecule has 2 aromatic carbocycles. The summed E-state index contributed by atoms with van der Waals surface area (Å²) < 4.78 is 48.3. The summed E-state index contributed by atoms with van der Waals surface area (Å²) in [5, 5.41) is 4.94. The van der Waals surface area contributed by atoms with Crippen LogP contribution in [0.25, 0.3) is 0 Å². The van der Waals surface area contributed by atoms with Gasteiger partial charge in [-0.25, -0.2) is 4.79 Å². The van der Waals surface area contributed by atoms with E-state index in [9.17, 15) is 18.0 Å². The molecule has 24 heavy (non-hydrogen) atoms. The Labute approximate surface area is 135 Å². The first-order chi connectivity index (χ1) is 11.4. The number of fused-ring (bicyclic) bond motifs is 1. The van der Waals surface area contributed by atoms with Crippen LogP contribution in [0.2, 0.25) is 0 Å². The molecule has 1 aliphatic rings. The molecular weight excluding hydrogens is 325 g/mol. The second-order valence-electron chi connectivity index (χ2n) is 5.07. The van der Waals surface area contributed by atoms with E-state index >= 15 is 0 Å². The molecule has 0 atom stereocenters. The minimum atomic E-state index is -4.46. The average Bonchev–Trinajstić information content (AvgIpc) is 3.00. The second kappa shape index (κ2) is 6.31. The average molecular weight is 338 g/mol. The first kappa shape index (κ1) is 16.0. The first-order valence-corrected chi connectivity index (χ1v) is 7.02. The standard InChI is InChI=1S/C16H13F3N2O3/c17-16(18,19)11-2-1-3-12(7-11)21-15(22)20-8-10-4-5-13-14(6-10)24-9-23-13/h1-7H,8-9H2,(H2,20,21,22). The molecule has 0 fully saturated rings. The van der Waals surface area contributed by atoms with Gasteiger partial charge in [0.2, 0.25) is 6.79 Å². The number of hydrogen-bond acceptors (Lipinski definition) is 3. The normalized spacial score (nSPS) is 12.8. The largest absolute Gasteiger partial charge is 0.454 e. The van der Waals surface area contributed by atoms with Gasteiger partial charge in [-0.3, -0.25) is 0 Å². The van der Waals surface area contributed by atoms with E-state index in [0.717, 1.165) is 17.7 Å². The fourth-order valence-electron chi connectivity index (χ4n) is 2.18. The van der Waals surface area contributed by atoms with Crippen molar-refractivity contribution >= 4 is 11.7 Å². The van der Waals surface area contributed by atoms with Gasteiger partial charge in [-0.2, -0.15) is 13.2 Å². The maximum Gasteiger partial charge on any atom is 0.416 e. The molecular formula is C16H13F3N2O3. The number of halogens is 3. The fourth-order valence-corrected chi connectivity index (χ4v) is 2.18. The van der Waals surface area contributed by atoms with E-state index in [1.54, 1.807) is 18.2 Å². The molecule has 5 nitrogen and oxygen atoms in total. The van der Waals surface area contributed by atoms with Gasteiger partial charge in [-0.05, 0) is 35.9 Å². The first-order valence-electron chi connectivity index (χ1n) is 7.02. The van der Waals surface area contributed by atoms with Crippen molar-refractivity contribution < 1.29 is 27.4 Å². The zero-order valence-corrected chi connectivity index (χ0v) is 12.3. The molecule has 0 radical (unpaired) electrons. The Bertz CT molecular complexity index is 762. The maximum absolute atomic E-state index is 12.6. The Balaban J connectivity index is 1.58. The summed E-state index contributed by atoms with van der Waals surface area (Å²) in [5.41, 5.74) is 0.0162. The van der Waals surface area contributed by atoms with E-state index < -0.39 is 17.8 Å². The number of carbonyl (C=O) groups is 1. The van der Waals surface area contributed by atoms with E-state index in [0.29, 0.717) is 11.5 Å². The molecule has 126 valence electrons. The van der Waals surface area contributed by atoms with Gasteiger partial charge in [0.25, 0.3) is 0 Å². The number of ether oxygens (including phenoxy) is 2. The van der Waals surface area contributed by atoms with Crippen molar-refractivity contribution in [2.24, 2.45) is 0 Å². The van der Waals surface area contributed by atoms with Crippen molar-refractivity contribution in [3.63, 3.8) is 0 Å². The summed E-state index contributed by atoms with van der Waals surface area (Å²) in [6.45, 7) is 0.351. The lowest BCUT2D eigenvalue weighted by Crippen LogP contribution is -2.28. The zero-order valence-electron chi connectivity index (χ0n) is 12.3. The molecule has 8 heteroatoms. The molecule has 0 saturated carbocycles. The van der Waals surface area contributed by atoms with Gasteiger partial charge >= 0.3 is 12.2 Å². The summed E-state index contributed by atoms with van der Waals surface area (Å²) in [4.78, 5) is 11.8. The fraction of sp³-hybridized carbons (Fsp3) is 0.188. The van der Waals surface area contributed by atoms with Gasteiger partial charge in [0.15, 0.2) is 11.5 Å². The van der Waals surface area contributed by atoms with Crippen LogP contribution in [0.1, 0.15) is 11.1 Å². The monoisotopic (exact) mass is 338 g/mol. The van der Waals surface area contributed by atoms with Gasteiger partial charge < -0.3 is 20.1 Å². The summed E-state index contributed by atoms with van der Waals surface area (Å²) in [6, 6.07) is 9.04. The van der Waals surface area contributed by atoms with Crippen LogP contribution in [-0.4, -0.2) is 12.8 Å². The Hall–Kier alpha value is -2.90. The van der Waals surface area contributed by atoms with Crippen LogP contribution in [0.4, 0.5) is 23.7 Å². The quantitative estimate of drug-likeness (QED) is 0.896. The van der Waals surface area contributed by atoms with Crippen LogP contribution in [0.3, 0.4) is 0 Å². The maximum atomic E-state index is 12.6. The highest BCUT2D eigenvalue weighted by atomic mass is 19.4. The Morgan fingerprint density at radius 3 is 2.67 bits per heavy atom. The number of anilines is 1. The molecule has 0 aromatic heterocycles. The smallest absolute Gasteiger partial charge is 0.416 e. The Kier molecular flexibility index (Phi) is 4.20. The number of amides is 2. The third kappa shape index (κ3) is 3.70. The van der Waals surface area contributed by atoms with Gasteiger partial charge in [-0.15, -0.1) is 0 Å². The minimum absolute atomic E-state index is 0.0630. The van der Waals surface area contributed by atoms with E-state index in [1.807, 2.05) is 0 Å². The second-order valence-corrected chi connectivity index (χ2v) is 5.07. The number of nitrogens with one attached hydrogen (secondary N) is 2. The van der Waals surface area contributed by atoms with Crippen LogP contribution < -0.4 is 20.1 Å². The summed E-state index contributed by atoms with van der Waals surface area (Å²) >= 11 is 0. The predicted molar refractivity (Wildman–Crippen MR) is 79.9 cm³/mol. The van der Waals surface area contributed by atoms with Crippen molar-refractivity contribution in [3.8, 4) is 11.5 Å². The molecule has 0 aliphatic carbocycles. The lowest BCUT2D eigenvalue weighted by Gasteiger charge is -2.11. The van der Waals surface area contributed by atoms with E-state index in [2.05, 4.69) is 10.6 Å². The Morgan fingerprint density at radius 1 is 1.08 bits per heavy atom. The van der Waals surface area contributed by atoms with Crippen LogP contribution in [0.5, 0.6) is 11.5 Å². The number of urea groups is 1. The summed E-state index contributed by atoms with van der Waals surface area (Å²) in [5.74, 6) is 1.22. The van der Waals surface area contributed by atoms with Crippen LogP contribution in [0.15, 0.2) is 42.5 Å². The molecule has 3 rings (SSSR count). The summed E-state index contributed by atoms with van der Waals surface area (Å²) in [6.07, 6.45) is -4.46. The van der Waals surface area contributed by atoms with Crippen LogP contribution in [-0.2, 0) is 12.7 Å². The number of benzene rings is 2. The lowest BCUT2D eigenvalue weighted by atomic mass is 10.2. The number of hydrogen-bond donors (Lipinski definition) is 2. The van der Waals surface area contributed by atoms with Crippen molar-refractivity contribution in [2.45, 2.75) is 12.7 Å². The molecule has 1 heterocycles. The van der Waals surface area contributed by atoms with E-state index in [4.69, 9.17) is 9.47 Å². The van der Waals surface area contributed by atoms with Gasteiger partial charge in [-0.1, -0.05) is 12.1 Å². The lowest BCUT2D eigenvalue weighted by molar-refractivity contribution is -0.137. The topological polar surface area (TPSA) is 59.6 Å². The number of carbonyl (C=O) groups excluding carboxylic acids is 1. The van der Waals surface area contributed by atoms with Crippen LogP contribution >= 0.6 is 0 Å². The van der Waals surface area contributed by atoms with Crippen molar-refractivity contribution in [1.29, 1.82) is 0 Å². The van der Waals surface area contributed by atoms with Crippen molar-refractivity contribution in [1.82, 2.24) is 5.32 Å². The number of alkyl halides is 3. The van der Waals surface area contributed by atoms with Crippen molar-refractivity contribution in [3.05, 3.63) is 53.6 Å². The molecule has 0 spiro atoms. The molecule has 2 N–H and O–H groups in total. The predicted octanol–water partition coefficient (Wildman–Crippen LogP) is 3.76. The highest BCUT2D eigenvalue weighted by Crippen LogP contribution is 2.32. The van der Waals surface area contributed by atoms with Gasteiger partial charge in [0.1, 0.15) is 0 Å². The summed E-state index contributed by atoms with van der Waals surface area (Å²) in [7, 11) is 0. The zero-order chi connectivity index (χ0) is 17.2. The van der Waals surface area contributed by atoms with E-state index in [-0.39, 0.29) is 19.0 Å². The van der Waals surface area contributed by atoms with Gasteiger partial charge in [0.05, 0.1) is 5.56 Å².